The van der Waals surface area contributed by atoms with Gasteiger partial charge in [-0.05, 0) is 39.0 Å². The Morgan fingerprint density at radius 2 is 1.97 bits per heavy atom. The van der Waals surface area contributed by atoms with Crippen molar-refractivity contribution in [2.75, 3.05) is 18.0 Å². The summed E-state index contributed by atoms with van der Waals surface area (Å²) >= 11 is 0. The first kappa shape index (κ1) is 20.4. The Hall–Kier alpha value is -2.90. The predicted octanol–water partition coefficient (Wildman–Crippen LogP) is 2.80. The molecule has 8 heteroatoms. The van der Waals surface area contributed by atoms with E-state index in [1.807, 2.05) is 13.8 Å². The van der Waals surface area contributed by atoms with Crippen molar-refractivity contribution in [1.82, 2.24) is 24.8 Å². The second-order valence-corrected chi connectivity index (χ2v) is 8.57. The average Bonchev–Trinajstić information content (AvgIpc) is 3.20. The molecule has 0 unspecified atom stereocenters. The van der Waals surface area contributed by atoms with Crippen molar-refractivity contribution >= 4 is 17.6 Å². The first-order chi connectivity index (χ1) is 14.3. The van der Waals surface area contributed by atoms with Gasteiger partial charge in [0.25, 0.3) is 5.91 Å². The number of likely N-dealkylation sites (tertiary alicyclic amines) is 1. The number of nitrogens with zero attached hydrogens (tertiary/aromatic N) is 6. The van der Waals surface area contributed by atoms with E-state index in [1.165, 1.54) is 6.20 Å². The molecule has 4 heterocycles. The molecule has 0 aliphatic carbocycles. The maximum Gasteiger partial charge on any atom is 0.274 e. The molecule has 2 aromatic rings. The lowest BCUT2D eigenvalue weighted by Crippen LogP contribution is -2.40. The molecule has 1 saturated heterocycles. The molecule has 2 amide bonds. The molecule has 0 N–H and O–H groups in total. The zero-order valence-electron chi connectivity index (χ0n) is 18.1. The van der Waals surface area contributed by atoms with Crippen LogP contribution in [0.1, 0.15) is 72.4 Å². The van der Waals surface area contributed by atoms with Gasteiger partial charge >= 0.3 is 0 Å². The summed E-state index contributed by atoms with van der Waals surface area (Å²) in [6.45, 7) is 9.27. The first-order valence-corrected chi connectivity index (χ1v) is 10.6. The summed E-state index contributed by atoms with van der Waals surface area (Å²) < 4.78 is 0. The Morgan fingerprint density at radius 1 is 1.17 bits per heavy atom. The summed E-state index contributed by atoms with van der Waals surface area (Å²) in [4.78, 5) is 47.3. The largest absolute Gasteiger partial charge is 0.327 e. The molecule has 0 aromatic carbocycles. The average molecular weight is 409 g/mol. The van der Waals surface area contributed by atoms with Crippen molar-refractivity contribution < 1.29 is 9.59 Å². The monoisotopic (exact) mass is 408 g/mol. The highest BCUT2D eigenvalue weighted by Crippen LogP contribution is 2.35. The number of hydrogen-bond acceptors (Lipinski definition) is 6. The van der Waals surface area contributed by atoms with E-state index in [4.69, 9.17) is 9.97 Å². The number of aromatic nitrogens is 4. The zero-order chi connectivity index (χ0) is 21.4. The van der Waals surface area contributed by atoms with E-state index >= 15 is 0 Å². The minimum absolute atomic E-state index is 0.106. The zero-order valence-corrected chi connectivity index (χ0v) is 18.1. The lowest BCUT2D eigenvalue weighted by atomic mass is 10.0. The molecule has 2 aromatic heterocycles. The molecule has 8 nitrogen and oxygen atoms in total. The maximum absolute atomic E-state index is 13.1. The summed E-state index contributed by atoms with van der Waals surface area (Å²) in [6.07, 6.45) is 5.96. The van der Waals surface area contributed by atoms with E-state index in [-0.39, 0.29) is 17.9 Å². The SMILES string of the molecule is Cc1cnc(C(=O)N2CCC[C@H]2c2nc(C)c3c(n2)N(CC(C)C)C(=O)CC3)cn1. The van der Waals surface area contributed by atoms with E-state index in [2.05, 4.69) is 23.8 Å². The highest BCUT2D eigenvalue weighted by molar-refractivity contribution is 5.95. The van der Waals surface area contributed by atoms with Gasteiger partial charge in [-0.3, -0.25) is 19.5 Å². The van der Waals surface area contributed by atoms with Crippen LogP contribution in [0.15, 0.2) is 12.4 Å². The van der Waals surface area contributed by atoms with Gasteiger partial charge in [-0.1, -0.05) is 13.8 Å². The second kappa shape index (κ2) is 8.08. The fourth-order valence-corrected chi connectivity index (χ4v) is 4.23. The van der Waals surface area contributed by atoms with Crippen LogP contribution in [0.2, 0.25) is 0 Å². The Morgan fingerprint density at radius 3 is 2.67 bits per heavy atom. The van der Waals surface area contributed by atoms with Gasteiger partial charge < -0.3 is 4.90 Å². The smallest absolute Gasteiger partial charge is 0.274 e. The Bertz CT molecular complexity index is 972. The third-order valence-electron chi connectivity index (χ3n) is 5.71. The lowest BCUT2D eigenvalue weighted by molar-refractivity contribution is -0.119. The summed E-state index contributed by atoms with van der Waals surface area (Å²) in [5.74, 6) is 1.62. The fourth-order valence-electron chi connectivity index (χ4n) is 4.23. The molecule has 0 radical (unpaired) electrons. The number of amides is 2. The third-order valence-corrected chi connectivity index (χ3v) is 5.71. The van der Waals surface area contributed by atoms with Crippen molar-refractivity contribution in [3.8, 4) is 0 Å². The van der Waals surface area contributed by atoms with Crippen molar-refractivity contribution in [2.45, 2.75) is 59.4 Å². The molecule has 2 aliphatic rings. The molecule has 1 atom stereocenters. The number of fused-ring (bicyclic) bond motifs is 1. The van der Waals surface area contributed by atoms with Crippen LogP contribution in [0.5, 0.6) is 0 Å². The molecule has 1 fully saturated rings. The van der Waals surface area contributed by atoms with Crippen LogP contribution in [-0.4, -0.2) is 49.7 Å². The number of hydrogen-bond donors (Lipinski definition) is 0. The van der Waals surface area contributed by atoms with Crippen LogP contribution in [0, 0.1) is 19.8 Å². The Balaban J connectivity index is 1.69. The predicted molar refractivity (Wildman–Crippen MR) is 112 cm³/mol. The summed E-state index contributed by atoms with van der Waals surface area (Å²) in [7, 11) is 0. The van der Waals surface area contributed by atoms with Crippen LogP contribution in [0.4, 0.5) is 5.82 Å². The molecule has 4 rings (SSSR count). The number of carbonyl (C=O) groups is 2. The van der Waals surface area contributed by atoms with Gasteiger partial charge in [0.1, 0.15) is 11.5 Å². The van der Waals surface area contributed by atoms with Gasteiger partial charge in [-0.15, -0.1) is 0 Å². The maximum atomic E-state index is 13.1. The molecular weight excluding hydrogens is 380 g/mol. The molecular formula is C22H28N6O2. The summed E-state index contributed by atoms with van der Waals surface area (Å²) in [5, 5.41) is 0. The third kappa shape index (κ3) is 3.78. The van der Waals surface area contributed by atoms with Crippen LogP contribution in [0.25, 0.3) is 0 Å². The highest BCUT2D eigenvalue weighted by atomic mass is 16.2. The van der Waals surface area contributed by atoms with E-state index in [0.29, 0.717) is 43.4 Å². The van der Waals surface area contributed by atoms with Gasteiger partial charge in [-0.2, -0.15) is 0 Å². The van der Waals surface area contributed by atoms with E-state index in [1.54, 1.807) is 16.0 Å². The summed E-state index contributed by atoms with van der Waals surface area (Å²) in [5.41, 5.74) is 3.04. The van der Waals surface area contributed by atoms with Gasteiger partial charge in [-0.25, -0.2) is 15.0 Å². The van der Waals surface area contributed by atoms with Gasteiger partial charge in [0, 0.05) is 37.0 Å². The minimum Gasteiger partial charge on any atom is -0.327 e. The quantitative estimate of drug-likeness (QED) is 0.772. The molecule has 158 valence electrons. The number of anilines is 1. The van der Waals surface area contributed by atoms with Crippen LogP contribution in [0.3, 0.4) is 0 Å². The van der Waals surface area contributed by atoms with Crippen molar-refractivity contribution in [2.24, 2.45) is 5.92 Å². The highest BCUT2D eigenvalue weighted by Gasteiger charge is 2.36. The fraction of sp³-hybridized carbons (Fsp3) is 0.545. The van der Waals surface area contributed by atoms with E-state index in [0.717, 1.165) is 35.6 Å². The van der Waals surface area contributed by atoms with Crippen LogP contribution < -0.4 is 4.90 Å². The number of carbonyl (C=O) groups excluding carboxylic acids is 2. The molecule has 30 heavy (non-hydrogen) atoms. The van der Waals surface area contributed by atoms with Crippen LogP contribution >= 0.6 is 0 Å². The number of aryl methyl sites for hydroxylation is 2. The number of rotatable bonds is 4. The van der Waals surface area contributed by atoms with Gasteiger partial charge in [0.05, 0.1) is 17.9 Å². The standard InChI is InChI=1S/C22H28N6O2/c1-13(2)12-28-19(29)8-7-16-15(4)25-20(26-21(16)28)18-6-5-9-27(18)22(30)17-11-23-14(3)10-24-17/h10-11,13,18H,5-9,12H2,1-4H3/t18-/m0/s1. The Kier molecular flexibility index (Phi) is 5.49. The van der Waals surface area contributed by atoms with E-state index < -0.39 is 0 Å². The molecule has 0 spiro atoms. The molecule has 0 saturated carbocycles. The second-order valence-electron chi connectivity index (χ2n) is 8.57. The summed E-state index contributed by atoms with van der Waals surface area (Å²) in [6, 6.07) is -0.220. The van der Waals surface area contributed by atoms with Crippen molar-refractivity contribution in [3.63, 3.8) is 0 Å². The van der Waals surface area contributed by atoms with Crippen molar-refractivity contribution in [3.05, 3.63) is 40.9 Å². The molecule has 2 aliphatic heterocycles. The van der Waals surface area contributed by atoms with Gasteiger partial charge in [0.15, 0.2) is 5.82 Å². The molecule has 0 bridgehead atoms. The van der Waals surface area contributed by atoms with E-state index in [9.17, 15) is 9.59 Å². The van der Waals surface area contributed by atoms with Crippen molar-refractivity contribution in [1.29, 1.82) is 0 Å². The Labute approximate surface area is 176 Å². The normalized spacial score (nSPS) is 18.8. The van der Waals surface area contributed by atoms with Crippen LogP contribution in [-0.2, 0) is 11.2 Å². The first-order valence-electron chi connectivity index (χ1n) is 10.6. The lowest BCUT2D eigenvalue weighted by Gasteiger charge is -2.32. The van der Waals surface area contributed by atoms with Gasteiger partial charge in [0.2, 0.25) is 5.91 Å². The minimum atomic E-state index is -0.220. The topological polar surface area (TPSA) is 92.2 Å².